The molecule has 0 spiro atoms. The third-order valence-electron chi connectivity index (χ3n) is 3.03. The Hall–Kier alpha value is -2.37. The van der Waals surface area contributed by atoms with Gasteiger partial charge in [0.05, 0.1) is 6.20 Å². The number of hydrogen-bond donors (Lipinski definition) is 0. The summed E-state index contributed by atoms with van der Waals surface area (Å²) in [7, 11) is 0. The summed E-state index contributed by atoms with van der Waals surface area (Å²) >= 11 is 0. The third-order valence-corrected chi connectivity index (χ3v) is 3.03. The van der Waals surface area contributed by atoms with Crippen molar-refractivity contribution in [2.24, 2.45) is 0 Å². The van der Waals surface area contributed by atoms with E-state index >= 15 is 0 Å². The van der Waals surface area contributed by atoms with Gasteiger partial charge in [0, 0.05) is 11.3 Å². The molecule has 2 heterocycles. The minimum absolute atomic E-state index is 0.212. The van der Waals surface area contributed by atoms with Crippen LogP contribution in [0.5, 0.6) is 0 Å². The summed E-state index contributed by atoms with van der Waals surface area (Å²) in [4.78, 5) is 3.72. The predicted octanol–water partition coefficient (Wildman–Crippen LogP) is 3.72. The van der Waals surface area contributed by atoms with Gasteiger partial charge in [-0.1, -0.05) is 30.3 Å². The number of nitrogens with zero attached hydrogens (tertiary/aromatic N) is 3. The molecule has 0 aliphatic carbocycles. The maximum absolute atomic E-state index is 12.8. The normalized spacial score (nSPS) is 12.0. The molecule has 0 amide bonds. The van der Waals surface area contributed by atoms with Crippen molar-refractivity contribution in [3.05, 3.63) is 54.0 Å². The van der Waals surface area contributed by atoms with Crippen LogP contribution in [0.4, 0.5) is 13.2 Å². The molecule has 0 aliphatic heterocycles. The van der Waals surface area contributed by atoms with Crippen LogP contribution in [0.2, 0.25) is 0 Å². The monoisotopic (exact) mass is 277 g/mol. The Balaban J connectivity index is 2.28. The first-order chi connectivity index (χ1) is 9.47. The van der Waals surface area contributed by atoms with Crippen molar-refractivity contribution in [3.63, 3.8) is 0 Å². The molecule has 102 valence electrons. The third kappa shape index (κ3) is 2.03. The predicted molar refractivity (Wildman–Crippen MR) is 68.2 cm³/mol. The number of hydrogen-bond acceptors (Lipinski definition) is 2. The Bertz CT molecular complexity index is 760. The summed E-state index contributed by atoms with van der Waals surface area (Å²) in [6.45, 7) is 1.58. The zero-order chi connectivity index (χ0) is 14.3. The average molecular weight is 277 g/mol. The van der Waals surface area contributed by atoms with Crippen LogP contribution in [-0.2, 0) is 6.18 Å². The van der Waals surface area contributed by atoms with E-state index in [-0.39, 0.29) is 5.65 Å². The highest BCUT2D eigenvalue weighted by Gasteiger charge is 2.33. The number of alkyl halides is 3. The van der Waals surface area contributed by atoms with Crippen LogP contribution in [0.3, 0.4) is 0 Å². The second-order valence-corrected chi connectivity index (χ2v) is 4.44. The van der Waals surface area contributed by atoms with E-state index in [2.05, 4.69) is 10.1 Å². The quantitative estimate of drug-likeness (QED) is 0.678. The molecule has 0 N–H and O–H groups in total. The van der Waals surface area contributed by atoms with Gasteiger partial charge < -0.3 is 0 Å². The van der Waals surface area contributed by atoms with Crippen LogP contribution < -0.4 is 0 Å². The zero-order valence-electron chi connectivity index (χ0n) is 10.5. The Kier molecular flexibility index (Phi) is 2.74. The first-order valence-corrected chi connectivity index (χ1v) is 5.95. The van der Waals surface area contributed by atoms with Crippen molar-refractivity contribution in [1.82, 2.24) is 14.6 Å². The number of rotatable bonds is 1. The highest BCUT2D eigenvalue weighted by Crippen LogP contribution is 2.31. The van der Waals surface area contributed by atoms with Crippen LogP contribution in [0.25, 0.3) is 16.8 Å². The van der Waals surface area contributed by atoms with Gasteiger partial charge in [-0.15, -0.1) is 0 Å². The summed E-state index contributed by atoms with van der Waals surface area (Å²) in [6.07, 6.45) is -2.93. The molecule has 2 aromatic heterocycles. The van der Waals surface area contributed by atoms with Crippen LogP contribution in [-0.4, -0.2) is 14.6 Å². The van der Waals surface area contributed by atoms with Gasteiger partial charge in [-0.2, -0.15) is 18.3 Å². The van der Waals surface area contributed by atoms with E-state index in [1.54, 1.807) is 6.92 Å². The summed E-state index contributed by atoms with van der Waals surface area (Å²) in [6, 6.07) is 10.1. The second-order valence-electron chi connectivity index (χ2n) is 4.44. The van der Waals surface area contributed by atoms with Gasteiger partial charge >= 0.3 is 6.18 Å². The first-order valence-electron chi connectivity index (χ1n) is 5.95. The smallest absolute Gasteiger partial charge is 0.223 e. The van der Waals surface area contributed by atoms with Gasteiger partial charge in [0.25, 0.3) is 0 Å². The molecule has 0 radical (unpaired) electrons. The van der Waals surface area contributed by atoms with E-state index in [1.807, 2.05) is 30.3 Å². The fraction of sp³-hybridized carbons (Fsp3) is 0.143. The van der Waals surface area contributed by atoms with Crippen molar-refractivity contribution in [2.75, 3.05) is 0 Å². The highest BCUT2D eigenvalue weighted by atomic mass is 19.4. The molecule has 3 rings (SSSR count). The number of benzene rings is 1. The van der Waals surface area contributed by atoms with Crippen molar-refractivity contribution >= 4 is 5.65 Å². The van der Waals surface area contributed by atoms with Crippen LogP contribution in [0, 0.1) is 6.92 Å². The summed E-state index contributed by atoms with van der Waals surface area (Å²) in [5.74, 6) is 0. The SMILES string of the molecule is Cc1cc(C(F)(F)F)nc2c(-c3ccccc3)cnn12. The van der Waals surface area contributed by atoms with Crippen molar-refractivity contribution in [3.8, 4) is 11.1 Å². The molecular weight excluding hydrogens is 267 g/mol. The fourth-order valence-electron chi connectivity index (χ4n) is 2.08. The van der Waals surface area contributed by atoms with Crippen molar-refractivity contribution in [2.45, 2.75) is 13.1 Å². The molecule has 3 nitrogen and oxygen atoms in total. The molecule has 0 bridgehead atoms. The van der Waals surface area contributed by atoms with Crippen LogP contribution in [0.1, 0.15) is 11.4 Å². The Morgan fingerprint density at radius 2 is 1.80 bits per heavy atom. The summed E-state index contributed by atoms with van der Waals surface area (Å²) < 4.78 is 39.9. The molecule has 1 aromatic carbocycles. The fourth-order valence-corrected chi connectivity index (χ4v) is 2.08. The largest absolute Gasteiger partial charge is 0.433 e. The molecule has 0 atom stereocenters. The topological polar surface area (TPSA) is 30.2 Å². The maximum Gasteiger partial charge on any atom is 0.433 e. The number of fused-ring (bicyclic) bond motifs is 1. The molecule has 3 aromatic rings. The molecule has 0 fully saturated rings. The lowest BCUT2D eigenvalue weighted by atomic mass is 10.1. The van der Waals surface area contributed by atoms with E-state index < -0.39 is 11.9 Å². The zero-order valence-corrected chi connectivity index (χ0v) is 10.5. The molecule has 0 aliphatic rings. The molecule has 0 saturated carbocycles. The minimum Gasteiger partial charge on any atom is -0.223 e. The lowest BCUT2D eigenvalue weighted by molar-refractivity contribution is -0.141. The first kappa shape index (κ1) is 12.7. The average Bonchev–Trinajstić information content (AvgIpc) is 2.83. The van der Waals surface area contributed by atoms with E-state index in [1.165, 1.54) is 10.7 Å². The Morgan fingerprint density at radius 1 is 1.10 bits per heavy atom. The summed E-state index contributed by atoms with van der Waals surface area (Å²) in [5.41, 5.74) is 1.07. The van der Waals surface area contributed by atoms with E-state index in [4.69, 9.17) is 0 Å². The standard InChI is InChI=1S/C14H10F3N3/c1-9-7-12(14(15,16)17)19-13-11(8-18-20(9)13)10-5-3-2-4-6-10/h2-8H,1H3. The highest BCUT2D eigenvalue weighted by molar-refractivity contribution is 5.77. The lowest BCUT2D eigenvalue weighted by Gasteiger charge is -2.08. The van der Waals surface area contributed by atoms with Crippen LogP contribution >= 0.6 is 0 Å². The van der Waals surface area contributed by atoms with Crippen molar-refractivity contribution in [1.29, 1.82) is 0 Å². The lowest BCUT2D eigenvalue weighted by Crippen LogP contribution is -2.11. The van der Waals surface area contributed by atoms with Crippen LogP contribution in [0.15, 0.2) is 42.6 Å². The van der Waals surface area contributed by atoms with Crippen molar-refractivity contribution < 1.29 is 13.2 Å². The molecular formula is C14H10F3N3. The number of halogens is 3. The van der Waals surface area contributed by atoms with E-state index in [0.29, 0.717) is 11.3 Å². The van der Waals surface area contributed by atoms with Gasteiger partial charge in [0.1, 0.15) is 5.69 Å². The number of aromatic nitrogens is 3. The Morgan fingerprint density at radius 3 is 2.45 bits per heavy atom. The van der Waals surface area contributed by atoms with Gasteiger partial charge in [-0.3, -0.25) is 0 Å². The van der Waals surface area contributed by atoms with E-state index in [9.17, 15) is 13.2 Å². The number of aryl methyl sites for hydroxylation is 1. The second kappa shape index (κ2) is 4.33. The van der Waals surface area contributed by atoms with Gasteiger partial charge in [-0.25, -0.2) is 9.50 Å². The molecule has 6 heteroatoms. The van der Waals surface area contributed by atoms with E-state index in [0.717, 1.165) is 11.6 Å². The minimum atomic E-state index is -4.47. The van der Waals surface area contributed by atoms with Gasteiger partial charge in [-0.05, 0) is 18.6 Å². The molecule has 20 heavy (non-hydrogen) atoms. The maximum atomic E-state index is 12.8. The summed E-state index contributed by atoms with van der Waals surface area (Å²) in [5, 5.41) is 4.10. The van der Waals surface area contributed by atoms with Gasteiger partial charge in [0.15, 0.2) is 5.65 Å². The Labute approximate surface area is 112 Å². The molecule has 0 saturated heterocycles. The molecule has 0 unspecified atom stereocenters. The van der Waals surface area contributed by atoms with Gasteiger partial charge in [0.2, 0.25) is 0 Å².